The molecule has 2 fully saturated rings. The van der Waals surface area contributed by atoms with E-state index in [2.05, 4.69) is 5.32 Å². The Kier molecular flexibility index (Phi) is 4.73. The van der Waals surface area contributed by atoms with Crippen LogP contribution in [0.5, 0.6) is 5.75 Å². The van der Waals surface area contributed by atoms with Gasteiger partial charge in [-0.15, -0.1) is 0 Å². The SMILES string of the molecule is O=C=C1CS(=O)(=O)[C@@H]2C(NC(=O)COc3ccccc3)C(=O)N2C1C(=O)O. The first-order valence-electron chi connectivity index (χ1n) is 7.74. The molecule has 2 heterocycles. The Labute approximate surface area is 153 Å². The van der Waals surface area contributed by atoms with Crippen LogP contribution in [0.4, 0.5) is 0 Å². The predicted octanol–water partition coefficient (Wildman–Crippen LogP) is -1.64. The average molecular weight is 394 g/mol. The highest BCUT2D eigenvalue weighted by Crippen LogP contribution is 2.35. The second kappa shape index (κ2) is 6.86. The molecule has 0 saturated carbocycles. The van der Waals surface area contributed by atoms with Gasteiger partial charge in [0.15, 0.2) is 27.9 Å². The molecule has 3 rings (SSSR count). The van der Waals surface area contributed by atoms with Crippen molar-refractivity contribution in [2.45, 2.75) is 17.5 Å². The summed E-state index contributed by atoms with van der Waals surface area (Å²) in [6, 6.07) is 5.22. The van der Waals surface area contributed by atoms with Gasteiger partial charge in [-0.25, -0.2) is 18.0 Å². The molecular weight excluding hydrogens is 380 g/mol. The Hall–Kier alpha value is -3.17. The standard InChI is InChI=1S/C16H14N2O8S/c19-6-9-8-27(24,25)15-12(14(21)18(15)13(9)16(22)23)17-11(20)7-26-10-4-2-1-3-5-10/h1-5,12-13,15H,7-8H2,(H,17,20)(H,22,23)/t12?,13?,15-/m1/s1. The zero-order chi connectivity index (χ0) is 19.8. The van der Waals surface area contributed by atoms with E-state index in [0.717, 1.165) is 0 Å². The Morgan fingerprint density at radius 3 is 2.56 bits per heavy atom. The van der Waals surface area contributed by atoms with Crippen molar-refractivity contribution in [2.75, 3.05) is 12.4 Å². The summed E-state index contributed by atoms with van der Waals surface area (Å²) in [5, 5.41) is 9.93. The molecule has 2 aliphatic rings. The minimum absolute atomic E-state index is 0.409. The van der Waals surface area contributed by atoms with Crippen LogP contribution in [0.2, 0.25) is 0 Å². The normalized spacial score (nSPS) is 25.6. The molecule has 142 valence electrons. The maximum atomic E-state index is 12.3. The first-order valence-corrected chi connectivity index (χ1v) is 9.45. The number of fused-ring (bicyclic) bond motifs is 1. The van der Waals surface area contributed by atoms with Gasteiger partial charge in [-0.1, -0.05) is 18.2 Å². The number of sulfone groups is 1. The largest absolute Gasteiger partial charge is 0.484 e. The van der Waals surface area contributed by atoms with E-state index in [-0.39, 0.29) is 0 Å². The highest BCUT2D eigenvalue weighted by Gasteiger charge is 2.63. The molecule has 10 nitrogen and oxygen atoms in total. The lowest BCUT2D eigenvalue weighted by Gasteiger charge is -2.51. The summed E-state index contributed by atoms with van der Waals surface area (Å²) in [6.45, 7) is -0.456. The van der Waals surface area contributed by atoms with Crippen molar-refractivity contribution in [3.63, 3.8) is 0 Å². The minimum atomic E-state index is -4.06. The summed E-state index contributed by atoms with van der Waals surface area (Å²) in [6.07, 6.45) is 0. The van der Waals surface area contributed by atoms with E-state index in [9.17, 15) is 32.7 Å². The molecule has 11 heteroatoms. The maximum Gasteiger partial charge on any atom is 0.331 e. The van der Waals surface area contributed by atoms with Crippen molar-refractivity contribution < 1.29 is 37.4 Å². The van der Waals surface area contributed by atoms with Gasteiger partial charge in [0.05, 0.1) is 11.3 Å². The second-order valence-electron chi connectivity index (χ2n) is 5.96. The number of hydrogen-bond donors (Lipinski definition) is 2. The number of hydrogen-bond acceptors (Lipinski definition) is 7. The second-order valence-corrected chi connectivity index (χ2v) is 8.06. The molecule has 27 heavy (non-hydrogen) atoms. The van der Waals surface area contributed by atoms with E-state index < -0.39 is 63.0 Å². The van der Waals surface area contributed by atoms with Gasteiger partial charge >= 0.3 is 5.97 Å². The molecule has 2 unspecified atom stereocenters. The van der Waals surface area contributed by atoms with Gasteiger partial charge in [0.1, 0.15) is 17.7 Å². The van der Waals surface area contributed by atoms with E-state index in [0.29, 0.717) is 10.6 Å². The van der Waals surface area contributed by atoms with Crippen LogP contribution < -0.4 is 10.1 Å². The number of carboxylic acid groups (broad SMARTS) is 1. The first kappa shape index (κ1) is 18.6. The van der Waals surface area contributed by atoms with Crippen LogP contribution in [0, 0.1) is 0 Å². The number of β-lactam (4-membered cyclic amide) rings is 1. The highest BCUT2D eigenvalue weighted by atomic mass is 32.2. The molecule has 0 aliphatic carbocycles. The van der Waals surface area contributed by atoms with E-state index in [1.54, 1.807) is 30.3 Å². The minimum Gasteiger partial charge on any atom is -0.484 e. The van der Waals surface area contributed by atoms with Gasteiger partial charge in [-0.3, -0.25) is 9.59 Å². The fraction of sp³-hybridized carbons (Fsp3) is 0.312. The third kappa shape index (κ3) is 3.29. The number of benzene rings is 1. The van der Waals surface area contributed by atoms with Crippen molar-refractivity contribution in [1.82, 2.24) is 10.2 Å². The number of carbonyl (C=O) groups excluding carboxylic acids is 3. The molecule has 0 radical (unpaired) electrons. The predicted molar refractivity (Wildman–Crippen MR) is 88.9 cm³/mol. The number of ether oxygens (including phenoxy) is 1. The lowest BCUT2D eigenvalue weighted by Crippen LogP contribution is -2.78. The van der Waals surface area contributed by atoms with Crippen LogP contribution >= 0.6 is 0 Å². The Morgan fingerprint density at radius 1 is 1.30 bits per heavy atom. The van der Waals surface area contributed by atoms with Gasteiger partial charge in [-0.2, -0.15) is 0 Å². The number of carbonyl (C=O) groups is 3. The first-order chi connectivity index (χ1) is 12.8. The van der Waals surface area contributed by atoms with Crippen LogP contribution in [0.15, 0.2) is 35.9 Å². The quantitative estimate of drug-likeness (QED) is 0.446. The van der Waals surface area contributed by atoms with Crippen LogP contribution in [0.25, 0.3) is 0 Å². The van der Waals surface area contributed by atoms with Crippen molar-refractivity contribution in [1.29, 1.82) is 0 Å². The van der Waals surface area contributed by atoms with E-state index >= 15 is 0 Å². The third-order valence-corrected chi connectivity index (χ3v) is 6.16. The van der Waals surface area contributed by atoms with Gasteiger partial charge in [-0.05, 0) is 12.1 Å². The third-order valence-electron chi connectivity index (χ3n) is 4.21. The van der Waals surface area contributed by atoms with E-state index in [1.807, 2.05) is 0 Å². The zero-order valence-electron chi connectivity index (χ0n) is 13.7. The summed E-state index contributed by atoms with van der Waals surface area (Å²) in [7, 11) is -4.06. The number of carboxylic acids is 1. The average Bonchev–Trinajstić information content (AvgIpc) is 2.63. The van der Waals surface area contributed by atoms with E-state index in [4.69, 9.17) is 4.74 Å². The van der Waals surface area contributed by atoms with Gasteiger partial charge in [0.25, 0.3) is 11.8 Å². The van der Waals surface area contributed by atoms with Crippen molar-refractivity contribution in [3.05, 3.63) is 35.9 Å². The molecule has 2 aliphatic heterocycles. The van der Waals surface area contributed by atoms with Gasteiger partial charge < -0.3 is 20.1 Å². The van der Waals surface area contributed by atoms with Crippen molar-refractivity contribution in [2.24, 2.45) is 0 Å². The molecule has 0 spiro atoms. The monoisotopic (exact) mass is 394 g/mol. The molecule has 1 aromatic carbocycles. The van der Waals surface area contributed by atoms with Crippen LogP contribution in [-0.2, 0) is 29.0 Å². The van der Waals surface area contributed by atoms with Crippen molar-refractivity contribution >= 4 is 33.6 Å². The van der Waals surface area contributed by atoms with Gasteiger partial charge in [0.2, 0.25) is 0 Å². The van der Waals surface area contributed by atoms with Crippen molar-refractivity contribution in [3.8, 4) is 5.75 Å². The topological polar surface area (TPSA) is 147 Å². The molecule has 2 amide bonds. The molecule has 0 aromatic heterocycles. The number of nitrogens with one attached hydrogen (secondary N) is 1. The smallest absolute Gasteiger partial charge is 0.331 e. The Morgan fingerprint density at radius 2 is 1.96 bits per heavy atom. The van der Waals surface area contributed by atoms with E-state index in [1.165, 1.54) is 5.94 Å². The van der Waals surface area contributed by atoms with Crippen LogP contribution in [0.1, 0.15) is 0 Å². The summed E-state index contributed by atoms with van der Waals surface area (Å²) in [5.41, 5.74) is -0.552. The fourth-order valence-corrected chi connectivity index (χ4v) is 5.05. The molecule has 0 bridgehead atoms. The molecule has 3 atom stereocenters. The lowest BCUT2D eigenvalue weighted by molar-refractivity contribution is -0.160. The van der Waals surface area contributed by atoms with Crippen LogP contribution in [-0.4, -0.2) is 72.0 Å². The number of nitrogens with zero attached hydrogens (tertiary/aromatic N) is 1. The molecule has 2 N–H and O–H groups in total. The maximum absolute atomic E-state index is 12.3. The summed E-state index contributed by atoms with van der Waals surface area (Å²) in [5.74, 6) is -2.32. The van der Waals surface area contributed by atoms with Crippen LogP contribution in [0.3, 0.4) is 0 Å². The van der Waals surface area contributed by atoms with Gasteiger partial charge in [0, 0.05) is 0 Å². The Bertz CT molecular complexity index is 952. The zero-order valence-corrected chi connectivity index (χ0v) is 14.5. The summed E-state index contributed by atoms with van der Waals surface area (Å²) in [4.78, 5) is 47.1. The molecule has 1 aromatic rings. The number of rotatable bonds is 5. The number of para-hydroxylation sites is 1. The summed E-state index contributed by atoms with van der Waals surface area (Å²) < 4.78 is 29.9. The fourth-order valence-electron chi connectivity index (χ4n) is 3.06. The highest BCUT2D eigenvalue weighted by molar-refractivity contribution is 7.92. The summed E-state index contributed by atoms with van der Waals surface area (Å²) >= 11 is 0. The number of amides is 2. The number of aliphatic carboxylic acids is 1. The molecular formula is C16H14N2O8S. The molecule has 2 saturated heterocycles. The lowest BCUT2D eigenvalue weighted by atomic mass is 9.98. The Balaban J connectivity index is 1.73.